The molecule has 1 aromatic rings. The summed E-state index contributed by atoms with van der Waals surface area (Å²) in [5.41, 5.74) is 0. The van der Waals surface area contributed by atoms with Crippen LogP contribution in [0.2, 0.25) is 0 Å². The van der Waals surface area contributed by atoms with Gasteiger partial charge in [-0.2, -0.15) is 4.98 Å². The molecular weight excluding hydrogens is 252 g/mol. The van der Waals surface area contributed by atoms with Crippen molar-refractivity contribution in [3.63, 3.8) is 0 Å². The second-order valence-corrected chi connectivity index (χ2v) is 5.68. The first-order valence-electron chi connectivity index (χ1n) is 7.80. The summed E-state index contributed by atoms with van der Waals surface area (Å²) < 4.78 is 5.43. The van der Waals surface area contributed by atoms with Gasteiger partial charge in [0.2, 0.25) is 5.88 Å². The molecule has 5 nitrogen and oxygen atoms in total. The van der Waals surface area contributed by atoms with Crippen molar-refractivity contribution < 1.29 is 4.74 Å². The van der Waals surface area contributed by atoms with E-state index < -0.39 is 0 Å². The average Bonchev–Trinajstić information content (AvgIpc) is 3.02. The van der Waals surface area contributed by atoms with E-state index in [4.69, 9.17) is 4.74 Å². The number of piperidine rings is 1. The van der Waals surface area contributed by atoms with Gasteiger partial charge in [-0.15, -0.1) is 0 Å². The second-order valence-electron chi connectivity index (χ2n) is 5.68. The highest BCUT2D eigenvalue weighted by Gasteiger charge is 2.28. The van der Waals surface area contributed by atoms with E-state index in [1.807, 2.05) is 13.1 Å². The van der Waals surface area contributed by atoms with Crippen molar-refractivity contribution in [1.29, 1.82) is 0 Å². The molecule has 1 aromatic heterocycles. The largest absolute Gasteiger partial charge is 0.477 e. The summed E-state index contributed by atoms with van der Waals surface area (Å²) in [6, 6.07) is 0.748. The van der Waals surface area contributed by atoms with Gasteiger partial charge in [0.05, 0.1) is 19.0 Å². The van der Waals surface area contributed by atoms with Crippen LogP contribution in [0.3, 0.4) is 0 Å². The smallest absolute Gasteiger partial charge is 0.234 e. The Morgan fingerprint density at radius 1 is 1.30 bits per heavy atom. The molecule has 0 aliphatic carbocycles. The molecule has 5 heteroatoms. The molecule has 2 aliphatic rings. The zero-order chi connectivity index (χ0) is 13.8. The van der Waals surface area contributed by atoms with E-state index in [-0.39, 0.29) is 0 Å². The van der Waals surface area contributed by atoms with Gasteiger partial charge in [-0.05, 0) is 45.1 Å². The highest BCUT2D eigenvalue weighted by atomic mass is 16.5. The number of anilines is 1. The Bertz CT molecular complexity index is 426. The number of aromatic nitrogens is 2. The fourth-order valence-corrected chi connectivity index (χ4v) is 3.35. The third kappa shape index (κ3) is 3.03. The van der Waals surface area contributed by atoms with Crippen molar-refractivity contribution in [2.45, 2.75) is 38.6 Å². The lowest BCUT2D eigenvalue weighted by atomic mass is 9.88. The number of rotatable bonds is 4. The summed E-state index contributed by atoms with van der Waals surface area (Å²) in [6.45, 7) is 5.95. The van der Waals surface area contributed by atoms with Crippen LogP contribution >= 0.6 is 0 Å². The third-order valence-electron chi connectivity index (χ3n) is 4.42. The van der Waals surface area contributed by atoms with Crippen molar-refractivity contribution >= 4 is 5.82 Å². The average molecular weight is 276 g/mol. The minimum absolute atomic E-state index is 0.629. The summed E-state index contributed by atoms with van der Waals surface area (Å²) in [5.74, 6) is 2.41. The van der Waals surface area contributed by atoms with Crippen LogP contribution in [-0.2, 0) is 0 Å². The first-order chi connectivity index (χ1) is 9.86. The fraction of sp³-hybridized carbons (Fsp3) is 0.733. The molecule has 0 aromatic carbocycles. The molecule has 2 aliphatic heterocycles. The van der Waals surface area contributed by atoms with Gasteiger partial charge < -0.3 is 15.0 Å². The minimum Gasteiger partial charge on any atom is -0.477 e. The Kier molecular flexibility index (Phi) is 4.35. The molecule has 3 rings (SSSR count). The normalized spacial score (nSPS) is 24.1. The van der Waals surface area contributed by atoms with Gasteiger partial charge in [-0.1, -0.05) is 0 Å². The molecule has 3 heterocycles. The maximum Gasteiger partial charge on any atom is 0.234 e. The van der Waals surface area contributed by atoms with Gasteiger partial charge in [0, 0.05) is 19.1 Å². The molecule has 0 amide bonds. The Hall–Kier alpha value is -1.36. The van der Waals surface area contributed by atoms with E-state index in [0.717, 1.165) is 30.9 Å². The van der Waals surface area contributed by atoms with Gasteiger partial charge in [-0.3, -0.25) is 4.98 Å². The molecule has 20 heavy (non-hydrogen) atoms. The number of hydrogen-bond donors (Lipinski definition) is 1. The molecule has 0 radical (unpaired) electrons. The zero-order valence-electron chi connectivity index (χ0n) is 12.2. The lowest BCUT2D eigenvalue weighted by molar-refractivity contribution is 0.314. The van der Waals surface area contributed by atoms with E-state index in [2.05, 4.69) is 20.2 Å². The quantitative estimate of drug-likeness (QED) is 0.909. The van der Waals surface area contributed by atoms with Crippen LogP contribution in [0.15, 0.2) is 12.4 Å². The van der Waals surface area contributed by atoms with Crippen LogP contribution in [0.4, 0.5) is 5.82 Å². The summed E-state index contributed by atoms with van der Waals surface area (Å²) >= 11 is 0. The predicted molar refractivity (Wildman–Crippen MR) is 79.2 cm³/mol. The highest BCUT2D eigenvalue weighted by molar-refractivity contribution is 5.38. The second kappa shape index (κ2) is 6.39. The van der Waals surface area contributed by atoms with Crippen molar-refractivity contribution in [2.75, 3.05) is 31.1 Å². The molecule has 0 bridgehead atoms. The van der Waals surface area contributed by atoms with Crippen molar-refractivity contribution in [3.8, 4) is 5.88 Å². The Labute approximate surface area is 120 Å². The third-order valence-corrected chi connectivity index (χ3v) is 4.42. The first-order valence-corrected chi connectivity index (χ1v) is 7.80. The summed E-state index contributed by atoms with van der Waals surface area (Å²) in [5, 5.41) is 3.64. The van der Waals surface area contributed by atoms with Crippen LogP contribution in [-0.4, -0.2) is 42.3 Å². The monoisotopic (exact) mass is 276 g/mol. The highest BCUT2D eigenvalue weighted by Crippen LogP contribution is 2.27. The molecule has 1 unspecified atom stereocenters. The van der Waals surface area contributed by atoms with Gasteiger partial charge in [0.15, 0.2) is 5.82 Å². The first kappa shape index (κ1) is 13.6. The lowest BCUT2D eigenvalue weighted by Gasteiger charge is -2.35. The maximum absolute atomic E-state index is 5.43. The molecule has 1 N–H and O–H groups in total. The lowest BCUT2D eigenvalue weighted by Crippen LogP contribution is -2.41. The standard InChI is InChI=1S/C15H24N4O/c1-2-20-15-11-16-10-14(18-15)19-8-5-12(6-9-19)13-4-3-7-17-13/h10-13,17H,2-9H2,1H3. The number of ether oxygens (including phenoxy) is 1. The Balaban J connectivity index is 1.58. The molecule has 0 saturated carbocycles. The van der Waals surface area contributed by atoms with Gasteiger partial charge in [0.1, 0.15) is 0 Å². The molecule has 1 atom stereocenters. The number of hydrogen-bond acceptors (Lipinski definition) is 5. The van der Waals surface area contributed by atoms with E-state index in [9.17, 15) is 0 Å². The van der Waals surface area contributed by atoms with Crippen molar-refractivity contribution in [2.24, 2.45) is 5.92 Å². The molecule has 2 saturated heterocycles. The van der Waals surface area contributed by atoms with Crippen LogP contribution in [0.25, 0.3) is 0 Å². The minimum atomic E-state index is 0.629. The zero-order valence-corrected chi connectivity index (χ0v) is 12.2. The summed E-state index contributed by atoms with van der Waals surface area (Å²) in [7, 11) is 0. The van der Waals surface area contributed by atoms with Crippen molar-refractivity contribution in [3.05, 3.63) is 12.4 Å². The van der Waals surface area contributed by atoms with Crippen LogP contribution in [0, 0.1) is 5.92 Å². The molecule has 110 valence electrons. The maximum atomic E-state index is 5.43. The topological polar surface area (TPSA) is 50.3 Å². The fourth-order valence-electron chi connectivity index (χ4n) is 3.35. The number of nitrogens with one attached hydrogen (secondary N) is 1. The molecule has 0 spiro atoms. The van der Waals surface area contributed by atoms with Gasteiger partial charge in [-0.25, -0.2) is 0 Å². The predicted octanol–water partition coefficient (Wildman–Crippen LogP) is 1.84. The molecule has 2 fully saturated rings. The van der Waals surface area contributed by atoms with Crippen LogP contribution in [0.1, 0.15) is 32.6 Å². The SMILES string of the molecule is CCOc1cncc(N2CCC(C3CCCN3)CC2)n1. The van der Waals surface area contributed by atoms with Gasteiger partial charge >= 0.3 is 0 Å². The van der Waals surface area contributed by atoms with E-state index >= 15 is 0 Å². The summed E-state index contributed by atoms with van der Waals surface area (Å²) in [6.07, 6.45) is 8.71. The van der Waals surface area contributed by atoms with E-state index in [0.29, 0.717) is 12.5 Å². The Morgan fingerprint density at radius 3 is 2.85 bits per heavy atom. The van der Waals surface area contributed by atoms with E-state index in [1.54, 1.807) is 6.20 Å². The van der Waals surface area contributed by atoms with Crippen molar-refractivity contribution in [1.82, 2.24) is 15.3 Å². The summed E-state index contributed by atoms with van der Waals surface area (Å²) in [4.78, 5) is 11.1. The van der Waals surface area contributed by atoms with Crippen LogP contribution in [0.5, 0.6) is 5.88 Å². The van der Waals surface area contributed by atoms with Crippen LogP contribution < -0.4 is 15.0 Å². The number of nitrogens with zero attached hydrogens (tertiary/aromatic N) is 3. The van der Waals surface area contributed by atoms with Gasteiger partial charge in [0.25, 0.3) is 0 Å². The Morgan fingerprint density at radius 2 is 2.15 bits per heavy atom. The van der Waals surface area contributed by atoms with E-state index in [1.165, 1.54) is 32.2 Å². The molecular formula is C15H24N4O.